The van der Waals surface area contributed by atoms with Gasteiger partial charge in [0.25, 0.3) is 0 Å². The van der Waals surface area contributed by atoms with Crippen molar-refractivity contribution in [2.75, 3.05) is 13.1 Å². The molecule has 0 saturated carbocycles. The SMILES string of the molecule is CCN(Cc1cc(Br)ccc1F)C(=O)[C@H]1C[C@@H](O)CN1. The number of amides is 1. The Morgan fingerprint density at radius 1 is 1.60 bits per heavy atom. The summed E-state index contributed by atoms with van der Waals surface area (Å²) in [5, 5.41) is 12.5. The number of benzene rings is 1. The molecule has 0 unspecified atom stereocenters. The molecule has 1 aliphatic rings. The second-order valence-electron chi connectivity index (χ2n) is 4.94. The summed E-state index contributed by atoms with van der Waals surface area (Å²) in [6.45, 7) is 3.02. The van der Waals surface area contributed by atoms with Crippen LogP contribution in [-0.4, -0.2) is 41.1 Å². The number of hydrogen-bond donors (Lipinski definition) is 2. The number of carbonyl (C=O) groups is 1. The Labute approximate surface area is 126 Å². The summed E-state index contributed by atoms with van der Waals surface area (Å²) in [6.07, 6.45) is -0.0682. The van der Waals surface area contributed by atoms with Gasteiger partial charge in [0.2, 0.25) is 5.91 Å². The third-order valence-corrected chi connectivity index (χ3v) is 3.96. The molecule has 1 fully saturated rings. The first-order chi connectivity index (χ1) is 9.51. The van der Waals surface area contributed by atoms with E-state index in [0.29, 0.717) is 25.1 Å². The monoisotopic (exact) mass is 344 g/mol. The van der Waals surface area contributed by atoms with Crippen molar-refractivity contribution in [3.63, 3.8) is 0 Å². The van der Waals surface area contributed by atoms with E-state index in [4.69, 9.17) is 0 Å². The Hall–Kier alpha value is -0.980. The Balaban J connectivity index is 2.08. The predicted octanol–water partition coefficient (Wildman–Crippen LogP) is 1.66. The molecule has 1 aromatic rings. The molecular weight excluding hydrogens is 327 g/mol. The van der Waals surface area contributed by atoms with E-state index in [9.17, 15) is 14.3 Å². The molecule has 1 saturated heterocycles. The lowest BCUT2D eigenvalue weighted by Gasteiger charge is -2.24. The molecule has 2 N–H and O–H groups in total. The number of aliphatic hydroxyl groups is 1. The number of nitrogens with one attached hydrogen (secondary N) is 1. The second kappa shape index (κ2) is 6.65. The van der Waals surface area contributed by atoms with Gasteiger partial charge in [0.05, 0.1) is 12.1 Å². The maximum absolute atomic E-state index is 13.8. The van der Waals surface area contributed by atoms with Crippen molar-refractivity contribution < 1.29 is 14.3 Å². The van der Waals surface area contributed by atoms with Gasteiger partial charge in [-0.3, -0.25) is 4.79 Å². The maximum atomic E-state index is 13.8. The Morgan fingerprint density at radius 3 is 2.95 bits per heavy atom. The summed E-state index contributed by atoms with van der Waals surface area (Å²) in [5.74, 6) is -0.415. The third kappa shape index (κ3) is 3.56. The van der Waals surface area contributed by atoms with Crippen LogP contribution in [0.2, 0.25) is 0 Å². The Bertz CT molecular complexity index is 498. The van der Waals surface area contributed by atoms with Crippen molar-refractivity contribution in [2.45, 2.75) is 32.0 Å². The minimum Gasteiger partial charge on any atom is -0.392 e. The molecule has 0 radical (unpaired) electrons. The smallest absolute Gasteiger partial charge is 0.240 e. The van der Waals surface area contributed by atoms with E-state index in [-0.39, 0.29) is 24.3 Å². The van der Waals surface area contributed by atoms with Gasteiger partial charge >= 0.3 is 0 Å². The van der Waals surface area contributed by atoms with Crippen LogP contribution in [0.5, 0.6) is 0 Å². The second-order valence-corrected chi connectivity index (χ2v) is 5.85. The molecule has 0 bridgehead atoms. The van der Waals surface area contributed by atoms with Gasteiger partial charge in [-0.05, 0) is 31.5 Å². The minimum absolute atomic E-state index is 0.0941. The number of nitrogens with zero attached hydrogens (tertiary/aromatic N) is 1. The summed E-state index contributed by atoms with van der Waals surface area (Å²) in [4.78, 5) is 13.9. The van der Waals surface area contributed by atoms with E-state index in [1.807, 2.05) is 6.92 Å². The number of hydrogen-bond acceptors (Lipinski definition) is 3. The van der Waals surface area contributed by atoms with Crippen molar-refractivity contribution >= 4 is 21.8 Å². The fraction of sp³-hybridized carbons (Fsp3) is 0.500. The summed E-state index contributed by atoms with van der Waals surface area (Å²) in [7, 11) is 0. The van der Waals surface area contributed by atoms with Gasteiger partial charge < -0.3 is 15.3 Å². The third-order valence-electron chi connectivity index (χ3n) is 3.47. The van der Waals surface area contributed by atoms with Crippen LogP contribution in [0.1, 0.15) is 18.9 Å². The quantitative estimate of drug-likeness (QED) is 0.873. The molecule has 20 heavy (non-hydrogen) atoms. The summed E-state index contributed by atoms with van der Waals surface area (Å²) in [5.41, 5.74) is 0.480. The van der Waals surface area contributed by atoms with Gasteiger partial charge in [-0.1, -0.05) is 15.9 Å². The highest BCUT2D eigenvalue weighted by molar-refractivity contribution is 9.10. The molecule has 0 spiro atoms. The average molecular weight is 345 g/mol. The van der Waals surface area contributed by atoms with Gasteiger partial charge in [0.15, 0.2) is 0 Å². The first kappa shape index (κ1) is 15.4. The number of β-amino-alcohol motifs (C(OH)–C–C–N with tert-alkyl or cyclic N) is 1. The fourth-order valence-corrected chi connectivity index (χ4v) is 2.75. The highest BCUT2D eigenvalue weighted by Gasteiger charge is 2.31. The van der Waals surface area contributed by atoms with Crippen LogP contribution < -0.4 is 5.32 Å². The van der Waals surface area contributed by atoms with Crippen LogP contribution in [0.4, 0.5) is 4.39 Å². The highest BCUT2D eigenvalue weighted by Crippen LogP contribution is 2.18. The first-order valence-electron chi connectivity index (χ1n) is 6.65. The minimum atomic E-state index is -0.481. The number of halogens is 2. The zero-order valence-electron chi connectivity index (χ0n) is 11.3. The topological polar surface area (TPSA) is 52.6 Å². The zero-order chi connectivity index (χ0) is 14.7. The Morgan fingerprint density at radius 2 is 2.35 bits per heavy atom. The molecule has 1 aliphatic heterocycles. The van der Waals surface area contributed by atoms with E-state index in [1.165, 1.54) is 6.07 Å². The average Bonchev–Trinajstić information content (AvgIpc) is 2.85. The van der Waals surface area contributed by atoms with Gasteiger partial charge in [0.1, 0.15) is 5.82 Å². The molecule has 1 aromatic carbocycles. The number of rotatable bonds is 4. The van der Waals surface area contributed by atoms with Crippen LogP contribution in [0, 0.1) is 5.82 Å². The van der Waals surface area contributed by atoms with Gasteiger partial charge in [0, 0.05) is 29.7 Å². The van der Waals surface area contributed by atoms with Gasteiger partial charge in [-0.15, -0.1) is 0 Å². The lowest BCUT2D eigenvalue weighted by Crippen LogP contribution is -2.43. The van der Waals surface area contributed by atoms with Crippen molar-refractivity contribution in [3.8, 4) is 0 Å². The molecule has 0 aromatic heterocycles. The lowest BCUT2D eigenvalue weighted by atomic mass is 10.1. The van der Waals surface area contributed by atoms with Crippen LogP contribution in [-0.2, 0) is 11.3 Å². The summed E-state index contributed by atoms with van der Waals surface area (Å²) in [6, 6.07) is 4.32. The van der Waals surface area contributed by atoms with Crippen molar-refractivity contribution in [2.24, 2.45) is 0 Å². The molecule has 110 valence electrons. The van der Waals surface area contributed by atoms with E-state index in [1.54, 1.807) is 17.0 Å². The Kier molecular flexibility index (Phi) is 5.12. The predicted molar refractivity (Wildman–Crippen MR) is 77.6 cm³/mol. The molecule has 2 atom stereocenters. The molecule has 1 heterocycles. The van der Waals surface area contributed by atoms with Crippen LogP contribution >= 0.6 is 15.9 Å². The van der Waals surface area contributed by atoms with E-state index in [2.05, 4.69) is 21.2 Å². The van der Waals surface area contributed by atoms with Crippen LogP contribution in [0.25, 0.3) is 0 Å². The number of carbonyl (C=O) groups excluding carboxylic acids is 1. The van der Waals surface area contributed by atoms with Crippen molar-refractivity contribution in [3.05, 3.63) is 34.1 Å². The molecule has 6 heteroatoms. The summed E-state index contributed by atoms with van der Waals surface area (Å²) >= 11 is 3.30. The van der Waals surface area contributed by atoms with Crippen LogP contribution in [0.15, 0.2) is 22.7 Å². The number of likely N-dealkylation sites (N-methyl/N-ethyl adjacent to an activating group) is 1. The lowest BCUT2D eigenvalue weighted by molar-refractivity contribution is -0.133. The molecule has 4 nitrogen and oxygen atoms in total. The first-order valence-corrected chi connectivity index (χ1v) is 7.44. The largest absolute Gasteiger partial charge is 0.392 e. The maximum Gasteiger partial charge on any atom is 0.240 e. The van der Waals surface area contributed by atoms with Gasteiger partial charge in [-0.25, -0.2) is 4.39 Å². The van der Waals surface area contributed by atoms with Crippen molar-refractivity contribution in [1.29, 1.82) is 0 Å². The van der Waals surface area contributed by atoms with Crippen molar-refractivity contribution in [1.82, 2.24) is 10.2 Å². The normalized spacial score (nSPS) is 22.0. The highest BCUT2D eigenvalue weighted by atomic mass is 79.9. The van der Waals surface area contributed by atoms with E-state index < -0.39 is 6.10 Å². The van der Waals surface area contributed by atoms with E-state index in [0.717, 1.165) is 4.47 Å². The zero-order valence-corrected chi connectivity index (χ0v) is 12.9. The fourth-order valence-electron chi connectivity index (χ4n) is 2.34. The molecular formula is C14H18BrFN2O2. The molecule has 0 aliphatic carbocycles. The molecule has 1 amide bonds. The summed E-state index contributed by atoms with van der Waals surface area (Å²) < 4.78 is 14.5. The van der Waals surface area contributed by atoms with Crippen LogP contribution in [0.3, 0.4) is 0 Å². The van der Waals surface area contributed by atoms with E-state index >= 15 is 0 Å². The standard InChI is InChI=1S/C14H18BrFN2O2/c1-2-18(14(20)13-6-11(19)7-17-13)8-9-5-10(15)3-4-12(9)16/h3-5,11,13,17,19H,2,6-8H2,1H3/t11-,13-/m1/s1. The number of aliphatic hydroxyl groups excluding tert-OH is 1. The molecule has 2 rings (SSSR count). The van der Waals surface area contributed by atoms with Gasteiger partial charge in [-0.2, -0.15) is 0 Å².